The molecule has 2 aromatic heterocycles. The maximum absolute atomic E-state index is 12.4. The minimum atomic E-state index is -0.218. The molecule has 136 valence electrons. The van der Waals surface area contributed by atoms with E-state index in [1.807, 2.05) is 0 Å². The van der Waals surface area contributed by atoms with E-state index in [4.69, 9.17) is 9.47 Å². The third-order valence-corrected chi connectivity index (χ3v) is 4.92. The van der Waals surface area contributed by atoms with Crippen LogP contribution in [0.3, 0.4) is 0 Å². The van der Waals surface area contributed by atoms with Gasteiger partial charge in [-0.05, 0) is 31.2 Å². The largest absolute Gasteiger partial charge is 0.463 e. The van der Waals surface area contributed by atoms with E-state index in [1.54, 1.807) is 29.6 Å². The molecule has 4 rings (SSSR count). The summed E-state index contributed by atoms with van der Waals surface area (Å²) in [5.41, 5.74) is 0.162. The minimum absolute atomic E-state index is 0.0843. The number of aromatic nitrogens is 4. The number of carbonyl (C=O) groups is 1. The van der Waals surface area contributed by atoms with Crippen LogP contribution in [0.15, 0.2) is 37.1 Å². The van der Waals surface area contributed by atoms with E-state index in [2.05, 4.69) is 19.9 Å². The number of nitrogens with zero attached hydrogens (tertiary/aromatic N) is 5. The molecule has 1 amide bonds. The van der Waals surface area contributed by atoms with E-state index in [0.717, 1.165) is 25.9 Å². The van der Waals surface area contributed by atoms with Gasteiger partial charge in [0.25, 0.3) is 5.91 Å². The van der Waals surface area contributed by atoms with Crippen LogP contribution in [0.4, 0.5) is 0 Å². The van der Waals surface area contributed by atoms with Crippen molar-refractivity contribution in [3.05, 3.63) is 42.7 Å². The summed E-state index contributed by atoms with van der Waals surface area (Å²) in [5.74, 6) is 0.431. The summed E-state index contributed by atoms with van der Waals surface area (Å²) in [4.78, 5) is 30.3. The maximum atomic E-state index is 12.4. The van der Waals surface area contributed by atoms with Gasteiger partial charge in [0.1, 0.15) is 11.3 Å². The molecule has 26 heavy (non-hydrogen) atoms. The predicted octanol–water partition coefficient (Wildman–Crippen LogP) is 1.36. The molecule has 0 bridgehead atoms. The number of hydrogen-bond acceptors (Lipinski definition) is 7. The van der Waals surface area contributed by atoms with Crippen LogP contribution in [-0.2, 0) is 4.74 Å². The fourth-order valence-electron chi connectivity index (χ4n) is 3.64. The van der Waals surface area contributed by atoms with Crippen LogP contribution in [0.5, 0.6) is 6.01 Å². The van der Waals surface area contributed by atoms with Crippen LogP contribution in [0, 0.1) is 5.92 Å². The molecule has 0 radical (unpaired) electrons. The summed E-state index contributed by atoms with van der Waals surface area (Å²) in [6, 6.07) is 2.18. The summed E-state index contributed by atoms with van der Waals surface area (Å²) in [7, 11) is 0. The molecule has 0 aliphatic carbocycles. The molecule has 0 N–H and O–H groups in total. The monoisotopic (exact) mass is 355 g/mol. The van der Waals surface area contributed by atoms with Crippen LogP contribution >= 0.6 is 0 Å². The number of hydrogen-bond donors (Lipinski definition) is 0. The lowest BCUT2D eigenvalue weighted by molar-refractivity contribution is -0.167. The van der Waals surface area contributed by atoms with Gasteiger partial charge in [0.15, 0.2) is 0 Å². The predicted molar refractivity (Wildman–Crippen MR) is 91.5 cm³/mol. The third kappa shape index (κ3) is 3.65. The lowest BCUT2D eigenvalue weighted by atomic mass is 9.79. The standard InChI is InChI=1S/C18H21N5O3/c24-16(15-11-19-6-7-20-15)23-12-18(13-23)10-14(3-9-26-18)2-8-25-17-21-4-1-5-22-17/h1,4-7,11,14H,2-3,8-10,12-13H2/t14-/m1/s1. The van der Waals surface area contributed by atoms with Crippen molar-refractivity contribution in [3.8, 4) is 6.01 Å². The molecule has 0 unspecified atom stereocenters. The molecule has 2 aliphatic heterocycles. The van der Waals surface area contributed by atoms with Crippen LogP contribution in [0.2, 0.25) is 0 Å². The van der Waals surface area contributed by atoms with E-state index >= 15 is 0 Å². The number of likely N-dealkylation sites (tertiary alicyclic amines) is 1. The van der Waals surface area contributed by atoms with Crippen LogP contribution in [0.1, 0.15) is 29.8 Å². The van der Waals surface area contributed by atoms with Crippen molar-refractivity contribution in [1.29, 1.82) is 0 Å². The van der Waals surface area contributed by atoms with Gasteiger partial charge < -0.3 is 14.4 Å². The van der Waals surface area contributed by atoms with Crippen molar-refractivity contribution in [2.24, 2.45) is 5.92 Å². The molecule has 8 nitrogen and oxygen atoms in total. The van der Waals surface area contributed by atoms with Gasteiger partial charge in [-0.2, -0.15) is 0 Å². The minimum Gasteiger partial charge on any atom is -0.463 e. The van der Waals surface area contributed by atoms with Crippen molar-refractivity contribution in [1.82, 2.24) is 24.8 Å². The lowest BCUT2D eigenvalue weighted by Crippen LogP contribution is -2.66. The molecular formula is C18H21N5O3. The Balaban J connectivity index is 1.26. The van der Waals surface area contributed by atoms with E-state index in [9.17, 15) is 4.79 Å². The molecule has 4 heterocycles. The van der Waals surface area contributed by atoms with Gasteiger partial charge in [0.05, 0.1) is 25.9 Å². The molecule has 2 aromatic rings. The highest BCUT2D eigenvalue weighted by Crippen LogP contribution is 2.38. The van der Waals surface area contributed by atoms with E-state index in [0.29, 0.717) is 37.3 Å². The first kappa shape index (κ1) is 16.8. The van der Waals surface area contributed by atoms with E-state index in [-0.39, 0.29) is 11.5 Å². The Kier molecular flexibility index (Phi) is 4.75. The van der Waals surface area contributed by atoms with E-state index in [1.165, 1.54) is 12.4 Å². The van der Waals surface area contributed by atoms with Crippen LogP contribution in [0.25, 0.3) is 0 Å². The Morgan fingerprint density at radius 1 is 1.23 bits per heavy atom. The van der Waals surface area contributed by atoms with Crippen molar-refractivity contribution >= 4 is 5.91 Å². The summed E-state index contributed by atoms with van der Waals surface area (Å²) in [6.07, 6.45) is 10.8. The van der Waals surface area contributed by atoms with Gasteiger partial charge in [-0.1, -0.05) is 0 Å². The van der Waals surface area contributed by atoms with Crippen molar-refractivity contribution in [3.63, 3.8) is 0 Å². The Morgan fingerprint density at radius 3 is 2.85 bits per heavy atom. The Hall–Kier alpha value is -2.61. The number of carbonyl (C=O) groups excluding carboxylic acids is 1. The van der Waals surface area contributed by atoms with Crippen molar-refractivity contribution < 1.29 is 14.3 Å². The Morgan fingerprint density at radius 2 is 2.08 bits per heavy atom. The van der Waals surface area contributed by atoms with Gasteiger partial charge in [-0.25, -0.2) is 15.0 Å². The second-order valence-corrected chi connectivity index (χ2v) is 6.81. The molecule has 2 aliphatic rings. The molecule has 2 saturated heterocycles. The first-order chi connectivity index (χ1) is 12.7. The van der Waals surface area contributed by atoms with Gasteiger partial charge >= 0.3 is 6.01 Å². The molecule has 2 fully saturated rings. The second kappa shape index (κ2) is 7.33. The van der Waals surface area contributed by atoms with Gasteiger partial charge in [-0.15, -0.1) is 0 Å². The Labute approximate surface area is 151 Å². The highest BCUT2D eigenvalue weighted by molar-refractivity contribution is 5.92. The Bertz CT molecular complexity index is 737. The zero-order valence-corrected chi connectivity index (χ0v) is 14.5. The highest BCUT2D eigenvalue weighted by Gasteiger charge is 2.49. The van der Waals surface area contributed by atoms with Crippen LogP contribution in [-0.4, -0.2) is 62.6 Å². The molecule has 8 heteroatoms. The van der Waals surface area contributed by atoms with E-state index < -0.39 is 0 Å². The first-order valence-electron chi connectivity index (χ1n) is 8.83. The quantitative estimate of drug-likeness (QED) is 0.800. The maximum Gasteiger partial charge on any atom is 0.316 e. The lowest BCUT2D eigenvalue weighted by Gasteiger charge is -2.53. The molecule has 0 saturated carbocycles. The number of ether oxygens (including phenoxy) is 2. The molecule has 1 atom stereocenters. The van der Waals surface area contributed by atoms with Crippen molar-refractivity contribution in [2.45, 2.75) is 24.9 Å². The zero-order chi connectivity index (χ0) is 17.8. The first-order valence-corrected chi connectivity index (χ1v) is 8.83. The third-order valence-electron chi connectivity index (χ3n) is 4.92. The molecule has 0 aromatic carbocycles. The SMILES string of the molecule is O=C(c1cnccn1)N1CC2(C[C@H](CCOc3ncccn3)CCO2)C1. The summed E-state index contributed by atoms with van der Waals surface area (Å²) < 4.78 is 11.6. The fourth-order valence-corrected chi connectivity index (χ4v) is 3.64. The molecule has 1 spiro atoms. The summed E-state index contributed by atoms with van der Waals surface area (Å²) in [6.45, 7) is 2.54. The van der Waals surface area contributed by atoms with Crippen molar-refractivity contribution in [2.75, 3.05) is 26.3 Å². The zero-order valence-electron chi connectivity index (χ0n) is 14.5. The number of rotatable bonds is 5. The summed E-state index contributed by atoms with van der Waals surface area (Å²) >= 11 is 0. The van der Waals surface area contributed by atoms with Crippen LogP contribution < -0.4 is 4.74 Å². The normalized spacial score (nSPS) is 21.2. The average molecular weight is 355 g/mol. The smallest absolute Gasteiger partial charge is 0.316 e. The number of amides is 1. The van der Waals surface area contributed by atoms with Gasteiger partial charge in [0, 0.05) is 31.4 Å². The molecular weight excluding hydrogens is 334 g/mol. The highest BCUT2D eigenvalue weighted by atomic mass is 16.5. The van der Waals surface area contributed by atoms with Gasteiger partial charge in [0.2, 0.25) is 0 Å². The summed E-state index contributed by atoms with van der Waals surface area (Å²) in [5, 5.41) is 0. The second-order valence-electron chi connectivity index (χ2n) is 6.81. The van der Waals surface area contributed by atoms with Gasteiger partial charge in [-0.3, -0.25) is 9.78 Å². The fraction of sp³-hybridized carbons (Fsp3) is 0.500. The average Bonchev–Trinajstić information content (AvgIpc) is 2.67. The topological polar surface area (TPSA) is 90.3 Å².